The molecule has 0 spiro atoms. The van der Waals surface area contributed by atoms with Crippen molar-refractivity contribution in [1.82, 2.24) is 5.32 Å². The van der Waals surface area contributed by atoms with E-state index in [4.69, 9.17) is 4.42 Å². The molecule has 0 fully saturated rings. The van der Waals surface area contributed by atoms with Gasteiger partial charge < -0.3 is 14.8 Å². The highest BCUT2D eigenvalue weighted by Gasteiger charge is 2.28. The largest absolute Gasteiger partial charge is 0.458 e. The van der Waals surface area contributed by atoms with E-state index in [1.165, 1.54) is 0 Å². The number of para-hydroxylation sites is 1. The van der Waals surface area contributed by atoms with E-state index in [2.05, 4.69) is 5.32 Å². The number of aliphatic hydroxyl groups is 1. The number of benzene rings is 2. The summed E-state index contributed by atoms with van der Waals surface area (Å²) in [5, 5.41) is 14.2. The van der Waals surface area contributed by atoms with E-state index >= 15 is 0 Å². The number of carbonyl (C=O) groups is 1. The van der Waals surface area contributed by atoms with Crippen LogP contribution in [0.4, 0.5) is 0 Å². The fourth-order valence-electron chi connectivity index (χ4n) is 2.28. The molecule has 4 heteroatoms. The maximum Gasteiger partial charge on any atom is 0.251 e. The molecule has 3 aromatic rings. The first-order chi connectivity index (χ1) is 10.6. The van der Waals surface area contributed by atoms with E-state index in [0.29, 0.717) is 16.9 Å². The first kappa shape index (κ1) is 14.4. The number of hydrogen-bond acceptors (Lipinski definition) is 3. The van der Waals surface area contributed by atoms with Crippen LogP contribution in [0.2, 0.25) is 0 Å². The van der Waals surface area contributed by atoms with Crippen LogP contribution < -0.4 is 5.32 Å². The molecule has 3 rings (SSSR count). The first-order valence-corrected chi connectivity index (χ1v) is 7.11. The van der Waals surface area contributed by atoms with Crippen molar-refractivity contribution < 1.29 is 14.3 Å². The van der Waals surface area contributed by atoms with Gasteiger partial charge in [-0.15, -0.1) is 0 Å². The second-order valence-corrected chi connectivity index (χ2v) is 5.47. The minimum Gasteiger partial charge on any atom is -0.458 e. The van der Waals surface area contributed by atoms with Gasteiger partial charge >= 0.3 is 0 Å². The number of nitrogens with one attached hydrogen (secondary N) is 1. The Hall–Kier alpha value is -2.59. The van der Waals surface area contributed by atoms with Crippen molar-refractivity contribution in [2.45, 2.75) is 12.5 Å². The van der Waals surface area contributed by atoms with Crippen molar-refractivity contribution in [3.8, 4) is 0 Å². The molecule has 0 radical (unpaired) electrons. The van der Waals surface area contributed by atoms with E-state index in [-0.39, 0.29) is 12.5 Å². The molecule has 22 heavy (non-hydrogen) atoms. The van der Waals surface area contributed by atoms with Crippen LogP contribution in [-0.4, -0.2) is 17.6 Å². The Kier molecular flexibility index (Phi) is 3.69. The maximum atomic E-state index is 12.0. The van der Waals surface area contributed by atoms with Crippen molar-refractivity contribution in [1.29, 1.82) is 0 Å². The average Bonchev–Trinajstić information content (AvgIpc) is 2.98. The third-order valence-electron chi connectivity index (χ3n) is 3.59. The Morgan fingerprint density at radius 2 is 1.82 bits per heavy atom. The summed E-state index contributed by atoms with van der Waals surface area (Å²) >= 11 is 0. The second-order valence-electron chi connectivity index (χ2n) is 5.47. The standard InChI is InChI=1S/C18H17NO3/c1-18(21,12-19-17(20)13-7-3-2-4-8-13)16-11-14-9-5-6-10-15(14)22-16/h2-11,21H,12H2,1H3,(H,19,20). The number of amides is 1. The van der Waals surface area contributed by atoms with Crippen LogP contribution >= 0.6 is 0 Å². The molecule has 1 aromatic heterocycles. The molecule has 1 unspecified atom stereocenters. The summed E-state index contributed by atoms with van der Waals surface area (Å²) < 4.78 is 5.67. The van der Waals surface area contributed by atoms with E-state index in [0.717, 1.165) is 5.39 Å². The fraction of sp³-hybridized carbons (Fsp3) is 0.167. The number of carbonyl (C=O) groups excluding carboxylic acids is 1. The molecule has 0 bridgehead atoms. The average molecular weight is 295 g/mol. The van der Waals surface area contributed by atoms with Gasteiger partial charge in [0.1, 0.15) is 16.9 Å². The van der Waals surface area contributed by atoms with Crippen molar-refractivity contribution in [2.24, 2.45) is 0 Å². The zero-order valence-corrected chi connectivity index (χ0v) is 12.2. The van der Waals surface area contributed by atoms with Crippen molar-refractivity contribution in [3.63, 3.8) is 0 Å². The predicted molar refractivity (Wildman–Crippen MR) is 84.6 cm³/mol. The predicted octanol–water partition coefficient (Wildman–Crippen LogP) is 3.07. The van der Waals surface area contributed by atoms with E-state index < -0.39 is 5.60 Å². The number of hydrogen-bond donors (Lipinski definition) is 2. The fourth-order valence-corrected chi connectivity index (χ4v) is 2.28. The van der Waals surface area contributed by atoms with Crippen LogP contribution in [0, 0.1) is 0 Å². The van der Waals surface area contributed by atoms with Gasteiger partial charge in [0.05, 0.1) is 6.54 Å². The van der Waals surface area contributed by atoms with Gasteiger partial charge in [-0.2, -0.15) is 0 Å². The lowest BCUT2D eigenvalue weighted by molar-refractivity contribution is 0.0344. The van der Waals surface area contributed by atoms with Gasteiger partial charge in [0.25, 0.3) is 5.91 Å². The van der Waals surface area contributed by atoms with Gasteiger partial charge in [0.15, 0.2) is 0 Å². The first-order valence-electron chi connectivity index (χ1n) is 7.11. The lowest BCUT2D eigenvalue weighted by atomic mass is 10.0. The second kappa shape index (κ2) is 5.66. The molecule has 0 aliphatic carbocycles. The zero-order valence-electron chi connectivity index (χ0n) is 12.2. The Morgan fingerprint density at radius 1 is 1.14 bits per heavy atom. The van der Waals surface area contributed by atoms with Crippen LogP contribution in [0.15, 0.2) is 65.1 Å². The van der Waals surface area contributed by atoms with Gasteiger partial charge in [0.2, 0.25) is 0 Å². The van der Waals surface area contributed by atoms with E-state index in [9.17, 15) is 9.90 Å². The number of fused-ring (bicyclic) bond motifs is 1. The maximum absolute atomic E-state index is 12.0. The molecule has 1 atom stereocenters. The van der Waals surface area contributed by atoms with Gasteiger partial charge in [0, 0.05) is 10.9 Å². The molecule has 0 aliphatic heterocycles. The van der Waals surface area contributed by atoms with Crippen molar-refractivity contribution >= 4 is 16.9 Å². The quantitative estimate of drug-likeness (QED) is 0.777. The summed E-state index contributed by atoms with van der Waals surface area (Å²) in [4.78, 5) is 12.0. The van der Waals surface area contributed by atoms with Crippen molar-refractivity contribution in [3.05, 3.63) is 72.0 Å². The molecule has 2 aromatic carbocycles. The minimum absolute atomic E-state index is 0.0700. The zero-order chi connectivity index (χ0) is 15.6. The third-order valence-corrected chi connectivity index (χ3v) is 3.59. The molecule has 1 heterocycles. The van der Waals surface area contributed by atoms with Crippen LogP contribution in [0.1, 0.15) is 23.0 Å². The van der Waals surface area contributed by atoms with E-state index in [1.54, 1.807) is 37.3 Å². The van der Waals surface area contributed by atoms with Crippen LogP contribution in [0.5, 0.6) is 0 Å². The molecule has 0 aliphatic rings. The molecular formula is C18H17NO3. The van der Waals surface area contributed by atoms with Gasteiger partial charge in [-0.05, 0) is 31.2 Å². The molecule has 112 valence electrons. The lowest BCUT2D eigenvalue weighted by Gasteiger charge is -2.21. The Balaban J connectivity index is 1.74. The van der Waals surface area contributed by atoms with Gasteiger partial charge in [-0.1, -0.05) is 36.4 Å². The van der Waals surface area contributed by atoms with Crippen LogP contribution in [0.25, 0.3) is 11.0 Å². The summed E-state index contributed by atoms with van der Waals surface area (Å²) in [6.07, 6.45) is 0. The summed E-state index contributed by atoms with van der Waals surface area (Å²) in [5.74, 6) is 0.207. The Labute approximate surface area is 128 Å². The van der Waals surface area contributed by atoms with Crippen LogP contribution in [-0.2, 0) is 5.60 Å². The highest BCUT2D eigenvalue weighted by Crippen LogP contribution is 2.27. The molecular weight excluding hydrogens is 278 g/mol. The van der Waals surface area contributed by atoms with Gasteiger partial charge in [-0.3, -0.25) is 4.79 Å². The summed E-state index contributed by atoms with van der Waals surface area (Å²) in [5.41, 5.74) is -0.00113. The monoisotopic (exact) mass is 295 g/mol. The Morgan fingerprint density at radius 3 is 2.55 bits per heavy atom. The minimum atomic E-state index is -1.27. The molecule has 4 nitrogen and oxygen atoms in total. The highest BCUT2D eigenvalue weighted by atomic mass is 16.4. The van der Waals surface area contributed by atoms with Crippen molar-refractivity contribution in [2.75, 3.05) is 6.54 Å². The lowest BCUT2D eigenvalue weighted by Crippen LogP contribution is -2.38. The normalized spacial score (nSPS) is 13.7. The summed E-state index contributed by atoms with van der Waals surface area (Å²) in [7, 11) is 0. The number of rotatable bonds is 4. The molecule has 0 saturated heterocycles. The number of furan rings is 1. The third kappa shape index (κ3) is 2.87. The van der Waals surface area contributed by atoms with E-state index in [1.807, 2.05) is 30.3 Å². The molecule has 1 amide bonds. The summed E-state index contributed by atoms with van der Waals surface area (Å²) in [6.45, 7) is 1.69. The molecule has 0 saturated carbocycles. The van der Waals surface area contributed by atoms with Gasteiger partial charge in [-0.25, -0.2) is 0 Å². The topological polar surface area (TPSA) is 62.5 Å². The molecule has 2 N–H and O–H groups in total. The smallest absolute Gasteiger partial charge is 0.251 e. The Bertz CT molecular complexity index is 757. The van der Waals surface area contributed by atoms with Crippen LogP contribution in [0.3, 0.4) is 0 Å². The highest BCUT2D eigenvalue weighted by molar-refractivity contribution is 5.94. The summed E-state index contributed by atoms with van der Waals surface area (Å²) in [6, 6.07) is 18.2. The SMILES string of the molecule is CC(O)(CNC(=O)c1ccccc1)c1cc2ccccc2o1.